The van der Waals surface area contributed by atoms with Crippen LogP contribution in [-0.4, -0.2) is 17.6 Å². The maximum absolute atomic E-state index is 6.09. The Morgan fingerprint density at radius 1 is 1.41 bits per heavy atom. The Morgan fingerprint density at radius 3 is 2.71 bits per heavy atom. The monoisotopic (exact) mass is 273 g/mol. The van der Waals surface area contributed by atoms with E-state index in [1.54, 1.807) is 12.3 Å². The van der Waals surface area contributed by atoms with Crippen LogP contribution < -0.4 is 11.1 Å². The lowest BCUT2D eigenvalue weighted by atomic mass is 9.98. The van der Waals surface area contributed by atoms with Gasteiger partial charge in [-0.2, -0.15) is 0 Å². The maximum atomic E-state index is 6.09. The van der Waals surface area contributed by atoms with Crippen molar-refractivity contribution in [3.63, 3.8) is 0 Å². The van der Waals surface area contributed by atoms with Gasteiger partial charge in [0.25, 0.3) is 0 Å². The molecule has 3 nitrogen and oxygen atoms in total. The van der Waals surface area contributed by atoms with Crippen LogP contribution in [0.4, 0.5) is 5.82 Å². The van der Waals surface area contributed by atoms with Crippen molar-refractivity contribution in [3.8, 4) is 0 Å². The third-order valence-corrected chi connectivity index (χ3v) is 3.85. The summed E-state index contributed by atoms with van der Waals surface area (Å²) in [7, 11) is 0. The first-order chi connectivity index (χ1) is 8.20. The summed E-state index contributed by atoms with van der Waals surface area (Å²) in [5.41, 5.74) is 5.82. The van der Waals surface area contributed by atoms with Crippen molar-refractivity contribution in [3.05, 3.63) is 22.3 Å². The first-order valence-electron chi connectivity index (χ1n) is 5.98. The number of rotatable bonds is 4. The van der Waals surface area contributed by atoms with Crippen LogP contribution in [0, 0.1) is 5.92 Å². The molecule has 2 rings (SSSR count). The van der Waals surface area contributed by atoms with Gasteiger partial charge in [0.05, 0.1) is 10.0 Å². The van der Waals surface area contributed by atoms with E-state index in [1.807, 2.05) is 0 Å². The van der Waals surface area contributed by atoms with Crippen molar-refractivity contribution in [1.82, 2.24) is 4.98 Å². The zero-order valence-electron chi connectivity index (χ0n) is 9.63. The Bertz CT molecular complexity index is 378. The zero-order valence-corrected chi connectivity index (χ0v) is 11.1. The van der Waals surface area contributed by atoms with E-state index in [0.717, 1.165) is 0 Å². The molecule has 1 aromatic rings. The predicted molar refractivity (Wildman–Crippen MR) is 72.7 cm³/mol. The summed E-state index contributed by atoms with van der Waals surface area (Å²) in [6.45, 7) is 0.602. The lowest BCUT2D eigenvalue weighted by Crippen LogP contribution is -2.35. The molecule has 1 unspecified atom stereocenters. The molecular formula is C12H17Cl2N3. The lowest BCUT2D eigenvalue weighted by Gasteiger charge is -2.24. The van der Waals surface area contributed by atoms with Crippen LogP contribution in [0.5, 0.6) is 0 Å². The standard InChI is InChI=1S/C12H17Cl2N3/c13-9-5-10(14)12(16-7-9)17-11(6-15)8-3-1-2-4-8/h5,7-8,11H,1-4,6,15H2,(H,16,17). The second-order valence-electron chi connectivity index (χ2n) is 4.52. The molecule has 1 atom stereocenters. The molecule has 1 aromatic heterocycles. The van der Waals surface area contributed by atoms with Crippen molar-refractivity contribution < 1.29 is 0 Å². The van der Waals surface area contributed by atoms with Crippen molar-refractivity contribution in [1.29, 1.82) is 0 Å². The lowest BCUT2D eigenvalue weighted by molar-refractivity contribution is 0.461. The molecule has 5 heteroatoms. The van der Waals surface area contributed by atoms with E-state index in [9.17, 15) is 0 Å². The van der Waals surface area contributed by atoms with Crippen LogP contribution in [0.25, 0.3) is 0 Å². The Labute approximate surface area is 112 Å². The molecule has 1 aliphatic carbocycles. The van der Waals surface area contributed by atoms with E-state index >= 15 is 0 Å². The molecule has 0 radical (unpaired) electrons. The van der Waals surface area contributed by atoms with Gasteiger partial charge in [-0.3, -0.25) is 0 Å². The van der Waals surface area contributed by atoms with Gasteiger partial charge >= 0.3 is 0 Å². The van der Waals surface area contributed by atoms with E-state index in [-0.39, 0.29) is 6.04 Å². The molecular weight excluding hydrogens is 257 g/mol. The number of aromatic nitrogens is 1. The second-order valence-corrected chi connectivity index (χ2v) is 5.36. The summed E-state index contributed by atoms with van der Waals surface area (Å²) in [6, 6.07) is 1.95. The first-order valence-corrected chi connectivity index (χ1v) is 6.74. The summed E-state index contributed by atoms with van der Waals surface area (Å²) in [6.07, 6.45) is 6.66. The fraction of sp³-hybridized carbons (Fsp3) is 0.583. The fourth-order valence-electron chi connectivity index (χ4n) is 2.43. The largest absolute Gasteiger partial charge is 0.365 e. The van der Waals surface area contributed by atoms with E-state index in [4.69, 9.17) is 28.9 Å². The average molecular weight is 274 g/mol. The molecule has 0 amide bonds. The molecule has 1 saturated carbocycles. The van der Waals surface area contributed by atoms with Crippen LogP contribution in [0.15, 0.2) is 12.3 Å². The highest BCUT2D eigenvalue weighted by molar-refractivity contribution is 6.35. The topological polar surface area (TPSA) is 50.9 Å². The van der Waals surface area contributed by atoms with Gasteiger partial charge in [-0.25, -0.2) is 4.98 Å². The summed E-state index contributed by atoms with van der Waals surface area (Å²) < 4.78 is 0. The minimum atomic E-state index is 0.253. The summed E-state index contributed by atoms with van der Waals surface area (Å²) in [4.78, 5) is 4.21. The molecule has 1 aliphatic rings. The molecule has 0 bridgehead atoms. The molecule has 3 N–H and O–H groups in total. The number of nitrogens with zero attached hydrogens (tertiary/aromatic N) is 1. The van der Waals surface area contributed by atoms with Crippen LogP contribution in [0.1, 0.15) is 25.7 Å². The SMILES string of the molecule is NCC(Nc1ncc(Cl)cc1Cl)C1CCCC1. The highest BCUT2D eigenvalue weighted by Gasteiger charge is 2.24. The molecule has 17 heavy (non-hydrogen) atoms. The van der Waals surface area contributed by atoms with Gasteiger partial charge in [0.15, 0.2) is 0 Å². The van der Waals surface area contributed by atoms with Gasteiger partial charge in [0.2, 0.25) is 0 Å². The van der Waals surface area contributed by atoms with Crippen molar-refractivity contribution >= 4 is 29.0 Å². The number of nitrogens with one attached hydrogen (secondary N) is 1. The molecule has 0 aliphatic heterocycles. The van der Waals surface area contributed by atoms with Crippen LogP contribution >= 0.6 is 23.2 Å². The third-order valence-electron chi connectivity index (χ3n) is 3.35. The van der Waals surface area contributed by atoms with E-state index in [1.165, 1.54) is 25.7 Å². The zero-order chi connectivity index (χ0) is 12.3. The van der Waals surface area contributed by atoms with E-state index in [0.29, 0.717) is 28.3 Å². The Balaban J connectivity index is 2.06. The van der Waals surface area contributed by atoms with Gasteiger partial charge < -0.3 is 11.1 Å². The highest BCUT2D eigenvalue weighted by atomic mass is 35.5. The smallest absolute Gasteiger partial charge is 0.145 e. The molecule has 0 aromatic carbocycles. The number of hydrogen-bond donors (Lipinski definition) is 2. The fourth-order valence-corrected chi connectivity index (χ4v) is 2.86. The Kier molecular flexibility index (Phi) is 4.48. The number of anilines is 1. The molecule has 0 spiro atoms. The number of hydrogen-bond acceptors (Lipinski definition) is 3. The van der Waals surface area contributed by atoms with E-state index in [2.05, 4.69) is 10.3 Å². The van der Waals surface area contributed by atoms with Crippen LogP contribution in [0.2, 0.25) is 10.0 Å². The summed E-state index contributed by atoms with van der Waals surface area (Å²) in [5.74, 6) is 1.31. The van der Waals surface area contributed by atoms with Crippen LogP contribution in [-0.2, 0) is 0 Å². The third kappa shape index (κ3) is 3.24. The van der Waals surface area contributed by atoms with Gasteiger partial charge in [0.1, 0.15) is 5.82 Å². The molecule has 94 valence electrons. The van der Waals surface area contributed by atoms with Gasteiger partial charge in [-0.15, -0.1) is 0 Å². The van der Waals surface area contributed by atoms with Crippen LogP contribution in [0.3, 0.4) is 0 Å². The quantitative estimate of drug-likeness (QED) is 0.885. The first kappa shape index (κ1) is 12.9. The number of pyridine rings is 1. The summed E-state index contributed by atoms with van der Waals surface area (Å²) in [5, 5.41) is 4.44. The molecule has 1 heterocycles. The summed E-state index contributed by atoms with van der Waals surface area (Å²) >= 11 is 11.9. The van der Waals surface area contributed by atoms with Gasteiger partial charge in [-0.05, 0) is 24.8 Å². The van der Waals surface area contributed by atoms with Gasteiger partial charge in [0, 0.05) is 18.8 Å². The van der Waals surface area contributed by atoms with Crippen molar-refractivity contribution in [2.75, 3.05) is 11.9 Å². The minimum absolute atomic E-state index is 0.253. The molecule has 1 fully saturated rings. The molecule has 0 saturated heterocycles. The number of nitrogens with two attached hydrogens (primary N) is 1. The highest BCUT2D eigenvalue weighted by Crippen LogP contribution is 2.30. The Morgan fingerprint density at radius 2 is 2.12 bits per heavy atom. The Hall–Kier alpha value is -0.510. The maximum Gasteiger partial charge on any atom is 0.145 e. The van der Waals surface area contributed by atoms with E-state index < -0.39 is 0 Å². The van der Waals surface area contributed by atoms with Gasteiger partial charge in [-0.1, -0.05) is 36.0 Å². The minimum Gasteiger partial charge on any atom is -0.365 e. The van der Waals surface area contributed by atoms with Crippen molar-refractivity contribution in [2.45, 2.75) is 31.7 Å². The average Bonchev–Trinajstić information content (AvgIpc) is 2.81. The predicted octanol–water partition coefficient (Wildman–Crippen LogP) is 3.32. The normalized spacial score (nSPS) is 18.3. The number of halogens is 2. The second kappa shape index (κ2) is 5.89. The van der Waals surface area contributed by atoms with Crippen molar-refractivity contribution in [2.24, 2.45) is 11.7 Å².